The monoisotopic (exact) mass is 215 g/mol. The third-order valence-corrected chi connectivity index (χ3v) is 2.15. The first-order valence-corrected chi connectivity index (χ1v) is 5.26. The molecule has 4 nitrogen and oxygen atoms in total. The molecule has 0 heterocycles. The first-order valence-electron chi connectivity index (χ1n) is 5.26. The van der Waals surface area contributed by atoms with E-state index in [0.29, 0.717) is 13.0 Å². The molecule has 0 radical (unpaired) electrons. The molecule has 0 saturated heterocycles. The van der Waals surface area contributed by atoms with Crippen LogP contribution in [-0.4, -0.2) is 35.0 Å². The lowest BCUT2D eigenvalue weighted by Crippen LogP contribution is -2.35. The molecule has 0 aliphatic carbocycles. The lowest BCUT2D eigenvalue weighted by molar-refractivity contribution is -0.144. The molecule has 0 aromatic heterocycles. The number of nitrogens with zero attached hydrogens (tertiary/aromatic N) is 1. The van der Waals surface area contributed by atoms with Gasteiger partial charge >= 0.3 is 5.97 Å². The van der Waals surface area contributed by atoms with Crippen molar-refractivity contribution in [3.63, 3.8) is 0 Å². The molecule has 88 valence electrons. The van der Waals surface area contributed by atoms with E-state index in [-0.39, 0.29) is 17.9 Å². The number of carbonyl (C=O) groups excluding carboxylic acids is 1. The van der Waals surface area contributed by atoms with E-state index in [4.69, 9.17) is 5.11 Å². The van der Waals surface area contributed by atoms with Crippen LogP contribution in [0.15, 0.2) is 0 Å². The topological polar surface area (TPSA) is 57.6 Å². The summed E-state index contributed by atoms with van der Waals surface area (Å²) >= 11 is 0. The highest BCUT2D eigenvalue weighted by Crippen LogP contribution is 2.20. The smallest absolute Gasteiger partial charge is 0.323 e. The van der Waals surface area contributed by atoms with E-state index in [1.54, 1.807) is 6.92 Å². The van der Waals surface area contributed by atoms with Gasteiger partial charge in [0.25, 0.3) is 0 Å². The fourth-order valence-corrected chi connectivity index (χ4v) is 1.18. The van der Waals surface area contributed by atoms with Crippen molar-refractivity contribution in [2.75, 3.05) is 13.1 Å². The van der Waals surface area contributed by atoms with Crippen LogP contribution in [0.25, 0.3) is 0 Å². The van der Waals surface area contributed by atoms with Gasteiger partial charge in [0, 0.05) is 13.0 Å². The molecule has 0 spiro atoms. The lowest BCUT2D eigenvalue weighted by Gasteiger charge is -2.22. The Bertz CT molecular complexity index is 230. The van der Waals surface area contributed by atoms with Gasteiger partial charge in [-0.2, -0.15) is 0 Å². The van der Waals surface area contributed by atoms with E-state index in [1.807, 2.05) is 0 Å². The summed E-state index contributed by atoms with van der Waals surface area (Å²) in [4.78, 5) is 23.5. The van der Waals surface area contributed by atoms with Crippen LogP contribution < -0.4 is 0 Å². The molecule has 0 saturated carbocycles. The van der Waals surface area contributed by atoms with Gasteiger partial charge in [-0.05, 0) is 18.8 Å². The summed E-state index contributed by atoms with van der Waals surface area (Å²) in [5.74, 6) is -1.03. The predicted octanol–water partition coefficient (Wildman–Crippen LogP) is 1.75. The second kappa shape index (κ2) is 5.73. The molecule has 0 aliphatic rings. The molecule has 0 unspecified atom stereocenters. The van der Waals surface area contributed by atoms with Crippen molar-refractivity contribution in [3.8, 4) is 0 Å². The molecular formula is C11H21NO3. The van der Waals surface area contributed by atoms with E-state index in [1.165, 1.54) is 4.90 Å². The summed E-state index contributed by atoms with van der Waals surface area (Å²) in [7, 11) is 0. The maximum absolute atomic E-state index is 11.6. The summed E-state index contributed by atoms with van der Waals surface area (Å²) in [6.07, 6.45) is 1.20. The molecule has 0 fully saturated rings. The fraction of sp³-hybridized carbons (Fsp3) is 0.818. The summed E-state index contributed by atoms with van der Waals surface area (Å²) in [6.45, 7) is 8.24. The highest BCUT2D eigenvalue weighted by molar-refractivity contribution is 5.81. The number of likely N-dealkylation sites (N-methyl/N-ethyl adjacent to an activating group) is 1. The Morgan fingerprint density at radius 2 is 1.80 bits per heavy atom. The normalized spacial score (nSPS) is 11.2. The molecule has 0 aromatic rings. The van der Waals surface area contributed by atoms with Crippen molar-refractivity contribution in [2.45, 2.75) is 40.5 Å². The highest BCUT2D eigenvalue weighted by atomic mass is 16.4. The van der Waals surface area contributed by atoms with Crippen molar-refractivity contribution >= 4 is 11.9 Å². The van der Waals surface area contributed by atoms with Crippen molar-refractivity contribution in [1.82, 2.24) is 4.90 Å². The lowest BCUT2D eigenvalue weighted by atomic mass is 9.90. The Morgan fingerprint density at radius 1 is 1.27 bits per heavy atom. The number of rotatable bonds is 5. The Hall–Kier alpha value is -1.06. The number of carbonyl (C=O) groups is 2. The van der Waals surface area contributed by atoms with Crippen molar-refractivity contribution in [2.24, 2.45) is 5.41 Å². The number of hydrogen-bond donors (Lipinski definition) is 1. The van der Waals surface area contributed by atoms with Gasteiger partial charge in [0.1, 0.15) is 6.54 Å². The molecule has 0 aromatic carbocycles. The van der Waals surface area contributed by atoms with Gasteiger partial charge < -0.3 is 10.0 Å². The van der Waals surface area contributed by atoms with Gasteiger partial charge in [-0.15, -0.1) is 0 Å². The van der Waals surface area contributed by atoms with Gasteiger partial charge in [0.2, 0.25) is 5.91 Å². The number of carboxylic acids is 1. The molecule has 4 heteroatoms. The molecule has 15 heavy (non-hydrogen) atoms. The second-order valence-electron chi connectivity index (χ2n) is 4.86. The van der Waals surface area contributed by atoms with E-state index < -0.39 is 5.97 Å². The number of aliphatic carboxylic acids is 1. The van der Waals surface area contributed by atoms with Crippen LogP contribution in [0, 0.1) is 5.41 Å². The predicted molar refractivity (Wildman–Crippen MR) is 58.6 cm³/mol. The maximum atomic E-state index is 11.6. The number of hydrogen-bond acceptors (Lipinski definition) is 2. The first kappa shape index (κ1) is 13.9. The zero-order valence-corrected chi connectivity index (χ0v) is 10.0. The molecule has 0 bridgehead atoms. The minimum Gasteiger partial charge on any atom is -0.480 e. The minimum atomic E-state index is -0.957. The summed E-state index contributed by atoms with van der Waals surface area (Å²) < 4.78 is 0. The van der Waals surface area contributed by atoms with Crippen LogP contribution in [0.1, 0.15) is 40.5 Å². The average molecular weight is 215 g/mol. The zero-order valence-electron chi connectivity index (χ0n) is 10.0. The summed E-state index contributed by atoms with van der Waals surface area (Å²) in [5, 5.41) is 8.60. The highest BCUT2D eigenvalue weighted by Gasteiger charge is 2.18. The first-order chi connectivity index (χ1) is 6.76. The Balaban J connectivity index is 4.11. The Kier molecular flexibility index (Phi) is 5.33. The largest absolute Gasteiger partial charge is 0.480 e. The molecule has 0 aliphatic heterocycles. The van der Waals surface area contributed by atoms with E-state index >= 15 is 0 Å². The molecule has 0 rings (SSSR count). The van der Waals surface area contributed by atoms with Crippen LogP contribution >= 0.6 is 0 Å². The van der Waals surface area contributed by atoms with Crippen molar-refractivity contribution in [1.29, 1.82) is 0 Å². The van der Waals surface area contributed by atoms with Crippen LogP contribution in [0.3, 0.4) is 0 Å². The third kappa shape index (κ3) is 6.94. The molecular weight excluding hydrogens is 194 g/mol. The van der Waals surface area contributed by atoms with Crippen LogP contribution in [0.2, 0.25) is 0 Å². The Labute approximate surface area is 91.3 Å². The second-order valence-corrected chi connectivity index (χ2v) is 4.86. The van der Waals surface area contributed by atoms with Gasteiger partial charge in [-0.3, -0.25) is 9.59 Å². The van der Waals surface area contributed by atoms with E-state index in [9.17, 15) is 9.59 Å². The zero-order chi connectivity index (χ0) is 12.1. The minimum absolute atomic E-state index is 0.0742. The summed E-state index contributed by atoms with van der Waals surface area (Å²) in [5.41, 5.74) is 0.109. The number of amides is 1. The third-order valence-electron chi connectivity index (χ3n) is 2.15. The van der Waals surface area contributed by atoms with Crippen molar-refractivity contribution < 1.29 is 14.7 Å². The molecule has 0 atom stereocenters. The van der Waals surface area contributed by atoms with Gasteiger partial charge in [0.05, 0.1) is 0 Å². The van der Waals surface area contributed by atoms with E-state index in [0.717, 1.165) is 6.42 Å². The standard InChI is InChI=1S/C11H21NO3/c1-5-12(8-10(14)15)9(13)6-7-11(2,3)4/h5-8H2,1-4H3,(H,14,15). The van der Waals surface area contributed by atoms with Crippen molar-refractivity contribution in [3.05, 3.63) is 0 Å². The average Bonchev–Trinajstić information content (AvgIpc) is 2.08. The fourth-order valence-electron chi connectivity index (χ4n) is 1.18. The molecule has 1 amide bonds. The van der Waals surface area contributed by atoms with Gasteiger partial charge in [-0.1, -0.05) is 20.8 Å². The van der Waals surface area contributed by atoms with Gasteiger partial charge in [0.15, 0.2) is 0 Å². The summed E-state index contributed by atoms with van der Waals surface area (Å²) in [6, 6.07) is 0. The Morgan fingerprint density at radius 3 is 2.13 bits per heavy atom. The number of carboxylic acid groups (broad SMARTS) is 1. The molecule has 1 N–H and O–H groups in total. The van der Waals surface area contributed by atoms with Crippen LogP contribution in [-0.2, 0) is 9.59 Å². The maximum Gasteiger partial charge on any atom is 0.323 e. The van der Waals surface area contributed by atoms with Gasteiger partial charge in [-0.25, -0.2) is 0 Å². The van der Waals surface area contributed by atoms with E-state index in [2.05, 4.69) is 20.8 Å². The quantitative estimate of drug-likeness (QED) is 0.760. The van der Waals surface area contributed by atoms with Crippen LogP contribution in [0.4, 0.5) is 0 Å². The SMILES string of the molecule is CCN(CC(=O)O)C(=O)CCC(C)(C)C. The van der Waals surface area contributed by atoms with Crippen LogP contribution in [0.5, 0.6) is 0 Å².